The second-order valence-corrected chi connectivity index (χ2v) is 5.03. The number of benzene rings is 1. The summed E-state index contributed by atoms with van der Waals surface area (Å²) in [7, 11) is 3.29. The molecule has 0 bridgehead atoms. The van der Waals surface area contributed by atoms with Gasteiger partial charge in [0.05, 0.1) is 12.2 Å². The number of hydrogen-bond donors (Lipinski definition) is 0. The van der Waals surface area contributed by atoms with Crippen LogP contribution in [0.2, 0.25) is 0 Å². The number of carbonyl (C=O) groups excluding carboxylic acids is 3. The van der Waals surface area contributed by atoms with Gasteiger partial charge >= 0.3 is 5.97 Å². The van der Waals surface area contributed by atoms with E-state index in [1.807, 2.05) is 6.07 Å². The van der Waals surface area contributed by atoms with Gasteiger partial charge in [0, 0.05) is 25.7 Å². The third kappa shape index (κ3) is 3.66. The van der Waals surface area contributed by atoms with Gasteiger partial charge in [0.2, 0.25) is 5.78 Å². The van der Waals surface area contributed by atoms with Crippen molar-refractivity contribution in [1.82, 2.24) is 4.90 Å². The van der Waals surface area contributed by atoms with E-state index in [0.29, 0.717) is 5.58 Å². The maximum atomic E-state index is 12.6. The van der Waals surface area contributed by atoms with Crippen LogP contribution in [0, 0.1) is 0 Å². The number of furan rings is 1. The fraction of sp³-hybridized carbons (Fsp3) is 0.235. The molecule has 1 heterocycles. The summed E-state index contributed by atoms with van der Waals surface area (Å²) in [5, 5.41) is 0.739. The van der Waals surface area contributed by atoms with Crippen LogP contribution >= 0.6 is 0 Å². The molecule has 0 aliphatic rings. The second kappa shape index (κ2) is 6.91. The highest BCUT2D eigenvalue weighted by molar-refractivity contribution is 6.48. The Labute approximate surface area is 133 Å². The smallest absolute Gasteiger partial charge is 0.379 e. The summed E-state index contributed by atoms with van der Waals surface area (Å²) in [5.41, 5.74) is 0.233. The standard InChI is InChI=1S/C17H17NO5/c1-4-22-17(21)16(20)12(10-18(2)3)15(19)14-9-11-7-5-6-8-13(11)23-14/h5-10H,4H2,1-3H3/b12-10-. The Kier molecular flexibility index (Phi) is 4.95. The largest absolute Gasteiger partial charge is 0.460 e. The molecule has 0 atom stereocenters. The van der Waals surface area contributed by atoms with E-state index in [0.717, 1.165) is 5.39 Å². The SMILES string of the molecule is CCOC(=O)C(=O)/C(=C\N(C)C)C(=O)c1cc2ccccc2o1. The van der Waals surface area contributed by atoms with Crippen LogP contribution in [0.3, 0.4) is 0 Å². The summed E-state index contributed by atoms with van der Waals surface area (Å²) >= 11 is 0. The molecule has 0 amide bonds. The van der Waals surface area contributed by atoms with Crippen molar-refractivity contribution in [3.63, 3.8) is 0 Å². The van der Waals surface area contributed by atoms with Gasteiger partial charge in [-0.3, -0.25) is 9.59 Å². The summed E-state index contributed by atoms with van der Waals surface area (Å²) in [5.74, 6) is -2.72. The molecule has 0 saturated heterocycles. The maximum Gasteiger partial charge on any atom is 0.379 e. The number of rotatable bonds is 6. The summed E-state index contributed by atoms with van der Waals surface area (Å²) in [6, 6.07) is 8.64. The van der Waals surface area contributed by atoms with Crippen molar-refractivity contribution in [3.8, 4) is 0 Å². The lowest BCUT2D eigenvalue weighted by atomic mass is 10.1. The van der Waals surface area contributed by atoms with E-state index in [-0.39, 0.29) is 17.9 Å². The first-order valence-corrected chi connectivity index (χ1v) is 7.07. The molecule has 0 N–H and O–H groups in total. The molecule has 0 radical (unpaired) electrons. The van der Waals surface area contributed by atoms with Crippen molar-refractivity contribution in [1.29, 1.82) is 0 Å². The highest BCUT2D eigenvalue weighted by Crippen LogP contribution is 2.21. The van der Waals surface area contributed by atoms with Crippen molar-refractivity contribution in [2.75, 3.05) is 20.7 Å². The van der Waals surface area contributed by atoms with Gasteiger partial charge in [-0.25, -0.2) is 4.79 Å². The van der Waals surface area contributed by atoms with Crippen molar-refractivity contribution < 1.29 is 23.5 Å². The minimum absolute atomic E-state index is 0.00283. The number of hydrogen-bond acceptors (Lipinski definition) is 6. The van der Waals surface area contributed by atoms with Gasteiger partial charge in [-0.05, 0) is 19.1 Å². The van der Waals surface area contributed by atoms with Crippen LogP contribution in [-0.4, -0.2) is 43.1 Å². The number of nitrogens with zero attached hydrogens (tertiary/aromatic N) is 1. The van der Waals surface area contributed by atoms with Gasteiger partial charge in [-0.15, -0.1) is 0 Å². The van der Waals surface area contributed by atoms with Crippen molar-refractivity contribution in [3.05, 3.63) is 47.9 Å². The van der Waals surface area contributed by atoms with Crippen molar-refractivity contribution >= 4 is 28.5 Å². The zero-order valence-electron chi connectivity index (χ0n) is 13.2. The highest BCUT2D eigenvalue weighted by atomic mass is 16.5. The van der Waals surface area contributed by atoms with Crippen LogP contribution < -0.4 is 0 Å². The Hall–Kier alpha value is -2.89. The van der Waals surface area contributed by atoms with Crippen molar-refractivity contribution in [2.24, 2.45) is 0 Å². The zero-order chi connectivity index (χ0) is 17.0. The minimum atomic E-state index is -1.06. The predicted molar refractivity (Wildman–Crippen MR) is 84.0 cm³/mol. The van der Waals surface area contributed by atoms with Crippen LogP contribution in [0.4, 0.5) is 0 Å². The van der Waals surface area contributed by atoms with Crippen LogP contribution in [0.1, 0.15) is 17.5 Å². The number of ether oxygens (including phenoxy) is 1. The summed E-state index contributed by atoms with van der Waals surface area (Å²) in [6.07, 6.45) is 1.29. The van der Waals surface area contributed by atoms with Crippen LogP contribution in [0.5, 0.6) is 0 Å². The molecule has 0 aliphatic carbocycles. The molecule has 120 valence electrons. The summed E-state index contributed by atoms with van der Waals surface area (Å²) < 4.78 is 10.1. The monoisotopic (exact) mass is 315 g/mol. The molecule has 6 nitrogen and oxygen atoms in total. The van der Waals surface area contributed by atoms with Gasteiger partial charge < -0.3 is 14.1 Å². The first-order valence-electron chi connectivity index (χ1n) is 7.07. The van der Waals surface area contributed by atoms with Gasteiger partial charge in [-0.1, -0.05) is 18.2 Å². The Morgan fingerprint density at radius 3 is 2.52 bits per heavy atom. The number of esters is 1. The second-order valence-electron chi connectivity index (χ2n) is 5.03. The molecular weight excluding hydrogens is 298 g/mol. The molecule has 2 aromatic rings. The quantitative estimate of drug-likeness (QED) is 0.203. The van der Waals surface area contributed by atoms with Crippen LogP contribution in [0.15, 0.2) is 46.5 Å². The van der Waals surface area contributed by atoms with Gasteiger partial charge in [0.1, 0.15) is 5.58 Å². The van der Waals surface area contributed by atoms with Gasteiger partial charge in [0.25, 0.3) is 5.78 Å². The third-order valence-electron chi connectivity index (χ3n) is 2.99. The Bertz CT molecular complexity index is 752. The van der Waals surface area contributed by atoms with Crippen LogP contribution in [0.25, 0.3) is 11.0 Å². The normalized spacial score (nSPS) is 11.3. The number of fused-ring (bicyclic) bond motifs is 1. The van der Waals surface area contributed by atoms with E-state index in [4.69, 9.17) is 4.42 Å². The number of Topliss-reactive ketones (excluding diaryl/α,β-unsaturated/α-hetero) is 2. The van der Waals surface area contributed by atoms with E-state index >= 15 is 0 Å². The topological polar surface area (TPSA) is 76.8 Å². The van der Waals surface area contributed by atoms with E-state index in [1.165, 1.54) is 11.1 Å². The van der Waals surface area contributed by atoms with Crippen molar-refractivity contribution in [2.45, 2.75) is 6.92 Å². The molecular formula is C17H17NO5. The van der Waals surface area contributed by atoms with Gasteiger partial charge in [0.15, 0.2) is 5.76 Å². The average molecular weight is 315 g/mol. The molecule has 6 heteroatoms. The maximum absolute atomic E-state index is 12.6. The number of carbonyl (C=O) groups is 3. The third-order valence-corrected chi connectivity index (χ3v) is 2.99. The zero-order valence-corrected chi connectivity index (χ0v) is 13.2. The Balaban J connectivity index is 2.40. The molecule has 1 aromatic heterocycles. The Morgan fingerprint density at radius 2 is 1.91 bits per heavy atom. The minimum Gasteiger partial charge on any atom is -0.460 e. The van der Waals surface area contributed by atoms with E-state index in [9.17, 15) is 14.4 Å². The van der Waals surface area contributed by atoms with Gasteiger partial charge in [-0.2, -0.15) is 0 Å². The molecule has 0 fully saturated rings. The predicted octanol–water partition coefficient (Wildman–Crippen LogP) is 2.19. The first kappa shape index (κ1) is 16.5. The van der Waals surface area contributed by atoms with E-state index < -0.39 is 17.5 Å². The average Bonchev–Trinajstić information content (AvgIpc) is 2.95. The van der Waals surface area contributed by atoms with E-state index in [1.54, 1.807) is 45.3 Å². The highest BCUT2D eigenvalue weighted by Gasteiger charge is 2.29. The molecule has 1 aromatic carbocycles. The van der Waals surface area contributed by atoms with Crippen LogP contribution in [-0.2, 0) is 14.3 Å². The van der Waals surface area contributed by atoms with E-state index in [2.05, 4.69) is 4.74 Å². The molecule has 0 saturated carbocycles. The first-order chi connectivity index (χ1) is 10.9. The fourth-order valence-corrected chi connectivity index (χ4v) is 2.01. The molecule has 23 heavy (non-hydrogen) atoms. The molecule has 0 aliphatic heterocycles. The Morgan fingerprint density at radius 1 is 1.22 bits per heavy atom. The molecule has 0 unspecified atom stereocenters. The lowest BCUT2D eigenvalue weighted by molar-refractivity contribution is -0.151. The molecule has 0 spiro atoms. The number of para-hydroxylation sites is 1. The number of ketones is 2. The summed E-state index contributed by atoms with van der Waals surface area (Å²) in [4.78, 5) is 37.9. The molecule has 2 rings (SSSR count). The lowest BCUT2D eigenvalue weighted by Crippen LogP contribution is -2.25. The lowest BCUT2D eigenvalue weighted by Gasteiger charge is -2.09. The summed E-state index contributed by atoms with van der Waals surface area (Å²) in [6.45, 7) is 1.64. The fourth-order valence-electron chi connectivity index (χ4n) is 2.01.